The van der Waals surface area contributed by atoms with Crippen LogP contribution in [-0.2, 0) is 0 Å². The van der Waals surface area contributed by atoms with E-state index in [-0.39, 0.29) is 17.1 Å². The number of carbonyl (C=O) groups is 1. The summed E-state index contributed by atoms with van der Waals surface area (Å²) >= 11 is 0. The third kappa shape index (κ3) is 3.34. The van der Waals surface area contributed by atoms with Crippen LogP contribution in [0.3, 0.4) is 0 Å². The molecule has 0 amide bonds. The van der Waals surface area contributed by atoms with Crippen LogP contribution in [0.1, 0.15) is 51.9 Å². The molecule has 0 bridgehead atoms. The maximum atomic E-state index is 14.5. The summed E-state index contributed by atoms with van der Waals surface area (Å²) in [4.78, 5) is 10.9. The summed E-state index contributed by atoms with van der Waals surface area (Å²) in [5.41, 5.74) is 1.21. The van der Waals surface area contributed by atoms with Crippen LogP contribution >= 0.6 is 0 Å². The van der Waals surface area contributed by atoms with Crippen molar-refractivity contribution in [3.63, 3.8) is 0 Å². The summed E-state index contributed by atoms with van der Waals surface area (Å²) in [5.74, 6) is -0.128. The predicted molar refractivity (Wildman–Crippen MR) is 90.0 cm³/mol. The minimum Gasteiger partial charge on any atom is -0.538 e. The molecule has 0 aliphatic carbocycles. The lowest BCUT2D eigenvalue weighted by molar-refractivity contribution is 0.112. The largest absolute Gasteiger partial charge is 0.538 e. The van der Waals surface area contributed by atoms with Crippen LogP contribution in [-0.4, -0.2) is 21.7 Å². The molecule has 3 nitrogen and oxygen atoms in total. The molecule has 5 heteroatoms. The van der Waals surface area contributed by atoms with E-state index in [0.29, 0.717) is 22.9 Å². The maximum absolute atomic E-state index is 14.5. The van der Waals surface area contributed by atoms with Crippen molar-refractivity contribution in [2.45, 2.75) is 58.2 Å². The molecule has 0 radical (unpaired) electrons. The quantitative estimate of drug-likeness (QED) is 0.510. The van der Waals surface area contributed by atoms with Crippen LogP contribution in [0.25, 0.3) is 0 Å². The topological polar surface area (TPSA) is 35.5 Å². The van der Waals surface area contributed by atoms with Gasteiger partial charge >= 0.3 is 0 Å². The SMILES string of the molecule is COc1cc(C=O)cc(F)c1O[Si](C(C)C)(C(C)C)C(C)C. The van der Waals surface area contributed by atoms with Crippen molar-refractivity contribution in [3.05, 3.63) is 23.5 Å². The highest BCUT2D eigenvalue weighted by molar-refractivity contribution is 6.78. The third-order valence-electron chi connectivity index (χ3n) is 4.37. The number of carbonyl (C=O) groups excluding carboxylic acids is 1. The summed E-state index contributed by atoms with van der Waals surface area (Å²) in [6.45, 7) is 12.8. The van der Waals surface area contributed by atoms with E-state index >= 15 is 0 Å². The van der Waals surface area contributed by atoms with E-state index in [1.165, 1.54) is 19.2 Å². The zero-order chi connectivity index (χ0) is 17.1. The van der Waals surface area contributed by atoms with Crippen LogP contribution in [0.2, 0.25) is 16.6 Å². The highest BCUT2D eigenvalue weighted by atomic mass is 28.4. The van der Waals surface area contributed by atoms with Crippen LogP contribution in [0, 0.1) is 5.82 Å². The van der Waals surface area contributed by atoms with Gasteiger partial charge < -0.3 is 9.16 Å². The average Bonchev–Trinajstić information content (AvgIpc) is 2.43. The van der Waals surface area contributed by atoms with Gasteiger partial charge in [0.25, 0.3) is 8.32 Å². The van der Waals surface area contributed by atoms with Gasteiger partial charge in [0.1, 0.15) is 6.29 Å². The summed E-state index contributed by atoms with van der Waals surface area (Å²) in [6, 6.07) is 2.72. The molecule has 22 heavy (non-hydrogen) atoms. The zero-order valence-electron chi connectivity index (χ0n) is 14.6. The van der Waals surface area contributed by atoms with Gasteiger partial charge in [-0.15, -0.1) is 0 Å². The smallest absolute Gasteiger partial charge is 0.259 e. The van der Waals surface area contributed by atoms with Crippen molar-refractivity contribution in [1.82, 2.24) is 0 Å². The fourth-order valence-electron chi connectivity index (χ4n) is 3.44. The molecular weight excluding hydrogens is 299 g/mol. The van der Waals surface area contributed by atoms with E-state index in [0.717, 1.165) is 0 Å². The lowest BCUT2D eigenvalue weighted by atomic mass is 10.2. The highest BCUT2D eigenvalue weighted by Gasteiger charge is 2.47. The Morgan fingerprint density at radius 2 is 1.55 bits per heavy atom. The molecule has 0 aromatic heterocycles. The van der Waals surface area contributed by atoms with E-state index in [1.54, 1.807) is 0 Å². The summed E-state index contributed by atoms with van der Waals surface area (Å²) in [5, 5.41) is 0. The lowest BCUT2D eigenvalue weighted by Crippen LogP contribution is -2.51. The number of rotatable bonds is 7. The van der Waals surface area contributed by atoms with Gasteiger partial charge in [0.15, 0.2) is 17.3 Å². The van der Waals surface area contributed by atoms with Crippen LogP contribution in [0.15, 0.2) is 12.1 Å². The van der Waals surface area contributed by atoms with E-state index in [2.05, 4.69) is 41.5 Å². The Hall–Kier alpha value is -1.36. The zero-order valence-corrected chi connectivity index (χ0v) is 15.6. The van der Waals surface area contributed by atoms with Gasteiger partial charge in [0.2, 0.25) is 0 Å². The number of hydrogen-bond acceptors (Lipinski definition) is 3. The summed E-state index contributed by atoms with van der Waals surface area (Å²) in [7, 11) is -0.825. The number of hydrogen-bond donors (Lipinski definition) is 0. The minimum atomic E-state index is -2.28. The number of aldehydes is 1. The van der Waals surface area contributed by atoms with Crippen molar-refractivity contribution < 1.29 is 18.3 Å². The molecule has 0 saturated carbocycles. The third-order valence-corrected chi connectivity index (χ3v) is 10.3. The molecule has 0 aliphatic rings. The first kappa shape index (κ1) is 18.7. The van der Waals surface area contributed by atoms with Gasteiger partial charge in [-0.1, -0.05) is 41.5 Å². The van der Waals surface area contributed by atoms with Crippen molar-refractivity contribution in [2.75, 3.05) is 7.11 Å². The molecule has 0 spiro atoms. The summed E-state index contributed by atoms with van der Waals surface area (Å²) in [6.07, 6.45) is 0.605. The number of ether oxygens (including phenoxy) is 1. The van der Waals surface area contributed by atoms with Gasteiger partial charge in [-0.25, -0.2) is 4.39 Å². The minimum absolute atomic E-state index is 0.135. The van der Waals surface area contributed by atoms with Crippen LogP contribution < -0.4 is 9.16 Å². The Bertz CT molecular complexity index is 505. The van der Waals surface area contributed by atoms with Crippen molar-refractivity contribution in [1.29, 1.82) is 0 Å². The molecule has 0 heterocycles. The second-order valence-corrected chi connectivity index (χ2v) is 11.9. The molecule has 0 atom stereocenters. The molecule has 1 aromatic carbocycles. The van der Waals surface area contributed by atoms with E-state index < -0.39 is 14.1 Å². The molecule has 0 saturated heterocycles. The molecule has 0 fully saturated rings. The lowest BCUT2D eigenvalue weighted by Gasteiger charge is -2.42. The first-order valence-corrected chi connectivity index (χ1v) is 9.86. The summed E-state index contributed by atoms with van der Waals surface area (Å²) < 4.78 is 26.1. The molecule has 0 aliphatic heterocycles. The Morgan fingerprint density at radius 3 is 1.91 bits per heavy atom. The Morgan fingerprint density at radius 1 is 1.05 bits per heavy atom. The Kier molecular flexibility index (Phi) is 6.17. The second-order valence-electron chi connectivity index (χ2n) is 6.57. The molecule has 0 N–H and O–H groups in total. The van der Waals surface area contributed by atoms with Crippen molar-refractivity contribution in [2.24, 2.45) is 0 Å². The molecule has 124 valence electrons. The predicted octanol–water partition coefficient (Wildman–Crippen LogP) is 5.20. The van der Waals surface area contributed by atoms with Crippen LogP contribution in [0.4, 0.5) is 4.39 Å². The Labute approximate surface area is 134 Å². The van der Waals surface area contributed by atoms with Gasteiger partial charge in [-0.2, -0.15) is 0 Å². The molecule has 0 unspecified atom stereocenters. The van der Waals surface area contributed by atoms with E-state index in [9.17, 15) is 9.18 Å². The van der Waals surface area contributed by atoms with Gasteiger partial charge in [0.05, 0.1) is 7.11 Å². The normalized spacial score (nSPS) is 12.1. The number of benzene rings is 1. The number of halogens is 1. The Balaban J connectivity index is 3.44. The number of methoxy groups -OCH3 is 1. The first-order chi connectivity index (χ1) is 10.2. The van der Waals surface area contributed by atoms with Gasteiger partial charge in [-0.05, 0) is 28.8 Å². The maximum Gasteiger partial charge on any atom is 0.259 e. The molecule has 1 rings (SSSR count). The highest BCUT2D eigenvalue weighted by Crippen LogP contribution is 2.45. The fraction of sp³-hybridized carbons (Fsp3) is 0.588. The van der Waals surface area contributed by atoms with Crippen molar-refractivity contribution in [3.8, 4) is 11.5 Å². The monoisotopic (exact) mass is 326 g/mol. The van der Waals surface area contributed by atoms with Gasteiger partial charge in [-0.3, -0.25) is 4.79 Å². The van der Waals surface area contributed by atoms with Crippen LogP contribution in [0.5, 0.6) is 11.5 Å². The van der Waals surface area contributed by atoms with E-state index in [1.807, 2.05) is 0 Å². The molecule has 1 aromatic rings. The van der Waals surface area contributed by atoms with Gasteiger partial charge in [0, 0.05) is 5.56 Å². The standard InChI is InChI=1S/C17H27FO3Si/c1-11(2)22(12(3)4,13(5)6)21-17-15(18)8-14(10-19)9-16(17)20-7/h8-13H,1-7H3. The second kappa shape index (κ2) is 7.27. The van der Waals surface area contributed by atoms with Crippen molar-refractivity contribution >= 4 is 14.6 Å². The van der Waals surface area contributed by atoms with E-state index in [4.69, 9.17) is 9.16 Å². The average molecular weight is 326 g/mol. The molecular formula is C17H27FO3Si. The fourth-order valence-corrected chi connectivity index (χ4v) is 8.70. The first-order valence-electron chi connectivity index (χ1n) is 7.72.